The first kappa shape index (κ1) is 12.9. The van der Waals surface area contributed by atoms with Gasteiger partial charge in [-0.2, -0.15) is 0 Å². The lowest BCUT2D eigenvalue weighted by Gasteiger charge is -2.42. The molecule has 2 saturated heterocycles. The average molecular weight is 251 g/mol. The summed E-state index contributed by atoms with van der Waals surface area (Å²) in [6, 6.07) is 2.43. The molecule has 2 aliphatic heterocycles. The van der Waals surface area contributed by atoms with Crippen LogP contribution in [-0.2, 0) is 0 Å². The maximum atomic E-state index is 6.00. The van der Waals surface area contributed by atoms with Crippen LogP contribution in [0.1, 0.15) is 44.9 Å². The second-order valence-electron chi connectivity index (χ2n) is 6.61. The minimum absolute atomic E-state index is 0.749. The van der Waals surface area contributed by atoms with Gasteiger partial charge in [-0.25, -0.2) is 0 Å². The van der Waals surface area contributed by atoms with Crippen LogP contribution in [0.3, 0.4) is 0 Å². The summed E-state index contributed by atoms with van der Waals surface area (Å²) >= 11 is 0. The van der Waals surface area contributed by atoms with Crippen LogP contribution in [0.5, 0.6) is 0 Å². The third-order valence-corrected chi connectivity index (χ3v) is 5.79. The summed E-state index contributed by atoms with van der Waals surface area (Å²) in [5, 5.41) is 0. The highest BCUT2D eigenvalue weighted by molar-refractivity contribution is 4.98. The molecule has 0 aromatic rings. The van der Waals surface area contributed by atoms with E-state index in [0.717, 1.165) is 30.6 Å². The lowest BCUT2D eigenvalue weighted by atomic mass is 9.82. The Balaban J connectivity index is 1.67. The van der Waals surface area contributed by atoms with Crippen molar-refractivity contribution < 1.29 is 0 Å². The van der Waals surface area contributed by atoms with Crippen LogP contribution < -0.4 is 5.73 Å². The average Bonchev–Trinajstić information content (AvgIpc) is 3.00. The molecule has 0 amide bonds. The van der Waals surface area contributed by atoms with Crippen LogP contribution in [0, 0.1) is 5.92 Å². The van der Waals surface area contributed by atoms with Crippen molar-refractivity contribution in [2.45, 2.75) is 63.1 Å². The number of fused-ring (bicyclic) bond motifs is 1. The van der Waals surface area contributed by atoms with E-state index in [4.69, 9.17) is 5.73 Å². The number of rotatable bonds is 3. The molecular formula is C15H29N3. The molecule has 0 bridgehead atoms. The Morgan fingerprint density at radius 1 is 1.00 bits per heavy atom. The zero-order valence-electron chi connectivity index (χ0n) is 11.9. The fourth-order valence-electron chi connectivity index (χ4n) is 4.78. The van der Waals surface area contributed by atoms with Crippen molar-refractivity contribution in [3.05, 3.63) is 0 Å². The van der Waals surface area contributed by atoms with Crippen LogP contribution >= 0.6 is 0 Å². The van der Waals surface area contributed by atoms with Crippen LogP contribution in [0.4, 0.5) is 0 Å². The van der Waals surface area contributed by atoms with Gasteiger partial charge in [0, 0.05) is 24.7 Å². The van der Waals surface area contributed by atoms with Crippen molar-refractivity contribution in [3.8, 4) is 0 Å². The van der Waals surface area contributed by atoms with Gasteiger partial charge in [-0.15, -0.1) is 0 Å². The molecule has 2 heterocycles. The van der Waals surface area contributed by atoms with Crippen LogP contribution in [0.25, 0.3) is 0 Å². The van der Waals surface area contributed by atoms with Gasteiger partial charge in [0.25, 0.3) is 0 Å². The molecule has 0 spiro atoms. The standard InChI is InChI=1S/C15H29N3/c1-17(13-6-3-2-5-12(13)11-16)14-8-10-18-9-4-7-15(14)18/h12-15H,2-11,16H2,1H3. The summed E-state index contributed by atoms with van der Waals surface area (Å²) in [4.78, 5) is 5.45. The number of likely N-dealkylation sites (N-methyl/N-ethyl adjacent to an activating group) is 1. The van der Waals surface area contributed by atoms with Gasteiger partial charge in [-0.3, -0.25) is 9.80 Å². The first-order valence-corrected chi connectivity index (χ1v) is 7.97. The van der Waals surface area contributed by atoms with Crippen LogP contribution in [0.2, 0.25) is 0 Å². The predicted molar refractivity (Wildman–Crippen MR) is 75.6 cm³/mol. The molecule has 4 atom stereocenters. The minimum atomic E-state index is 0.749. The van der Waals surface area contributed by atoms with Crippen molar-refractivity contribution in [2.24, 2.45) is 11.7 Å². The Kier molecular flexibility index (Phi) is 3.92. The molecule has 18 heavy (non-hydrogen) atoms. The van der Waals surface area contributed by atoms with Gasteiger partial charge in [-0.05, 0) is 58.2 Å². The van der Waals surface area contributed by atoms with Crippen molar-refractivity contribution in [1.29, 1.82) is 0 Å². The van der Waals surface area contributed by atoms with Crippen molar-refractivity contribution in [2.75, 3.05) is 26.7 Å². The zero-order valence-corrected chi connectivity index (χ0v) is 11.9. The Labute approximate surface area is 112 Å². The summed E-state index contributed by atoms with van der Waals surface area (Å²) < 4.78 is 0. The number of hydrogen-bond acceptors (Lipinski definition) is 3. The van der Waals surface area contributed by atoms with Crippen molar-refractivity contribution in [3.63, 3.8) is 0 Å². The third kappa shape index (κ3) is 2.21. The van der Waals surface area contributed by atoms with E-state index in [1.54, 1.807) is 0 Å². The quantitative estimate of drug-likeness (QED) is 0.828. The van der Waals surface area contributed by atoms with E-state index < -0.39 is 0 Å². The maximum Gasteiger partial charge on any atom is 0.0263 e. The molecule has 4 unspecified atom stereocenters. The van der Waals surface area contributed by atoms with E-state index in [9.17, 15) is 0 Å². The second kappa shape index (κ2) is 5.48. The van der Waals surface area contributed by atoms with Crippen molar-refractivity contribution >= 4 is 0 Å². The molecule has 1 aliphatic carbocycles. The monoisotopic (exact) mass is 251 g/mol. The van der Waals surface area contributed by atoms with Crippen LogP contribution in [0.15, 0.2) is 0 Å². The molecule has 3 nitrogen and oxygen atoms in total. The maximum absolute atomic E-state index is 6.00. The highest BCUT2D eigenvalue weighted by Gasteiger charge is 2.42. The molecule has 3 rings (SSSR count). The van der Waals surface area contributed by atoms with E-state index in [-0.39, 0.29) is 0 Å². The molecule has 0 aromatic heterocycles. The minimum Gasteiger partial charge on any atom is -0.330 e. The summed E-state index contributed by atoms with van der Waals surface area (Å²) in [6.45, 7) is 3.57. The fraction of sp³-hybridized carbons (Fsp3) is 1.00. The number of nitrogens with two attached hydrogens (primary N) is 1. The van der Waals surface area contributed by atoms with Gasteiger partial charge in [-0.1, -0.05) is 12.8 Å². The van der Waals surface area contributed by atoms with Gasteiger partial charge < -0.3 is 5.73 Å². The fourth-order valence-corrected chi connectivity index (χ4v) is 4.78. The number of hydrogen-bond donors (Lipinski definition) is 1. The lowest BCUT2D eigenvalue weighted by molar-refractivity contribution is 0.0778. The summed E-state index contributed by atoms with van der Waals surface area (Å²) in [5.41, 5.74) is 6.00. The summed E-state index contributed by atoms with van der Waals surface area (Å²) in [7, 11) is 2.38. The second-order valence-corrected chi connectivity index (χ2v) is 6.61. The Hall–Kier alpha value is -0.120. The number of nitrogens with zero attached hydrogens (tertiary/aromatic N) is 2. The van der Waals surface area contributed by atoms with Gasteiger partial charge in [0.2, 0.25) is 0 Å². The van der Waals surface area contributed by atoms with E-state index in [0.29, 0.717) is 0 Å². The summed E-state index contributed by atoms with van der Waals surface area (Å²) in [5.74, 6) is 0.749. The van der Waals surface area contributed by atoms with E-state index in [2.05, 4.69) is 16.8 Å². The smallest absolute Gasteiger partial charge is 0.0263 e. The molecule has 1 saturated carbocycles. The lowest BCUT2D eigenvalue weighted by Crippen LogP contribution is -2.51. The highest BCUT2D eigenvalue weighted by atomic mass is 15.3. The van der Waals surface area contributed by atoms with Crippen LogP contribution in [-0.4, -0.2) is 54.6 Å². The topological polar surface area (TPSA) is 32.5 Å². The first-order chi connectivity index (χ1) is 8.81. The molecule has 3 heteroatoms. The van der Waals surface area contributed by atoms with Gasteiger partial charge >= 0.3 is 0 Å². The van der Waals surface area contributed by atoms with Gasteiger partial charge in [0.15, 0.2) is 0 Å². The van der Waals surface area contributed by atoms with Gasteiger partial charge in [0.1, 0.15) is 0 Å². The van der Waals surface area contributed by atoms with E-state index in [1.807, 2.05) is 0 Å². The zero-order chi connectivity index (χ0) is 12.5. The highest BCUT2D eigenvalue weighted by Crippen LogP contribution is 2.35. The Bertz CT molecular complexity index is 277. The third-order valence-electron chi connectivity index (χ3n) is 5.79. The molecule has 2 N–H and O–H groups in total. The predicted octanol–water partition coefficient (Wildman–Crippen LogP) is 1.67. The van der Waals surface area contributed by atoms with E-state index in [1.165, 1.54) is 58.0 Å². The largest absolute Gasteiger partial charge is 0.330 e. The first-order valence-electron chi connectivity index (χ1n) is 7.97. The molecular weight excluding hydrogens is 222 g/mol. The Morgan fingerprint density at radius 3 is 2.67 bits per heavy atom. The van der Waals surface area contributed by atoms with Crippen molar-refractivity contribution in [1.82, 2.24) is 9.80 Å². The normalized spacial score (nSPS) is 41.5. The summed E-state index contributed by atoms with van der Waals surface area (Å²) in [6.07, 6.45) is 9.76. The molecule has 0 aromatic carbocycles. The molecule has 3 aliphatic rings. The SMILES string of the molecule is CN(C1CCCCC1CN)C1CCN2CCCC12. The van der Waals surface area contributed by atoms with E-state index >= 15 is 0 Å². The van der Waals surface area contributed by atoms with Gasteiger partial charge in [0.05, 0.1) is 0 Å². The molecule has 104 valence electrons. The Morgan fingerprint density at radius 2 is 1.83 bits per heavy atom. The molecule has 0 radical (unpaired) electrons. The molecule has 3 fully saturated rings.